The van der Waals surface area contributed by atoms with E-state index in [9.17, 15) is 5.11 Å². The first-order valence-electron chi connectivity index (χ1n) is 3.43. The van der Waals surface area contributed by atoms with Gasteiger partial charge in [-0.25, -0.2) is 0 Å². The summed E-state index contributed by atoms with van der Waals surface area (Å²) in [6, 6.07) is 3.51. The van der Waals surface area contributed by atoms with Crippen LogP contribution in [0.5, 0.6) is 5.75 Å². The molecule has 0 spiro atoms. The molecule has 0 saturated heterocycles. The molecular weight excluding hydrogens is 140 g/mol. The topological polar surface area (TPSA) is 33.4 Å². The smallest absolute Gasteiger partial charge is 0.119 e. The number of phenols is 1. The molecule has 0 radical (unpaired) electrons. The molecule has 2 heteroatoms. The maximum atomic E-state index is 9.29. The van der Waals surface area contributed by atoms with Crippen molar-refractivity contribution in [2.75, 3.05) is 0 Å². The van der Waals surface area contributed by atoms with Gasteiger partial charge in [0.25, 0.3) is 0 Å². The van der Waals surface area contributed by atoms with E-state index in [0.29, 0.717) is 5.75 Å². The van der Waals surface area contributed by atoms with Gasteiger partial charge in [0.1, 0.15) is 5.75 Å². The monoisotopic (exact) mass is 148 g/mol. The molecule has 1 N–H and O–H groups in total. The molecule has 0 aliphatic heterocycles. The Morgan fingerprint density at radius 2 is 2.09 bits per heavy atom. The van der Waals surface area contributed by atoms with E-state index < -0.39 is 0 Å². The predicted molar refractivity (Wildman–Crippen MR) is 42.6 cm³/mol. The van der Waals surface area contributed by atoms with Crippen molar-refractivity contribution in [2.45, 2.75) is 6.92 Å². The minimum absolute atomic E-state index is 0.318. The van der Waals surface area contributed by atoms with Gasteiger partial charge in [-0.15, -0.1) is 0 Å². The third-order valence-corrected chi connectivity index (χ3v) is 1.90. The summed E-state index contributed by atoms with van der Waals surface area (Å²) in [7, 11) is 0. The van der Waals surface area contributed by atoms with Crippen LogP contribution < -0.4 is 0 Å². The third-order valence-electron chi connectivity index (χ3n) is 1.90. The van der Waals surface area contributed by atoms with Crippen LogP contribution in [0.15, 0.2) is 29.1 Å². The first kappa shape index (κ1) is 6.28. The number of rotatable bonds is 0. The van der Waals surface area contributed by atoms with E-state index in [1.165, 1.54) is 0 Å². The Labute approximate surface area is 64.1 Å². The lowest BCUT2D eigenvalue weighted by atomic mass is 10.1. The van der Waals surface area contributed by atoms with E-state index in [1.54, 1.807) is 18.6 Å². The van der Waals surface area contributed by atoms with Crippen molar-refractivity contribution < 1.29 is 9.52 Å². The van der Waals surface area contributed by atoms with Gasteiger partial charge in [0.15, 0.2) is 0 Å². The van der Waals surface area contributed by atoms with Crippen LogP contribution in [0, 0.1) is 6.92 Å². The Morgan fingerprint density at radius 3 is 2.91 bits per heavy atom. The second kappa shape index (κ2) is 2.02. The fraction of sp³-hybridized carbons (Fsp3) is 0.111. The Bertz CT molecular complexity index is 387. The van der Waals surface area contributed by atoms with E-state index >= 15 is 0 Å². The van der Waals surface area contributed by atoms with Crippen molar-refractivity contribution in [2.24, 2.45) is 0 Å². The lowest BCUT2D eigenvalue weighted by Crippen LogP contribution is -1.73. The van der Waals surface area contributed by atoms with Crippen LogP contribution in [0.1, 0.15) is 5.56 Å². The number of hydrogen-bond acceptors (Lipinski definition) is 2. The summed E-state index contributed by atoms with van der Waals surface area (Å²) in [4.78, 5) is 0. The largest absolute Gasteiger partial charge is 0.508 e. The van der Waals surface area contributed by atoms with E-state index in [1.807, 2.05) is 13.0 Å². The van der Waals surface area contributed by atoms with Crippen molar-refractivity contribution in [3.63, 3.8) is 0 Å². The van der Waals surface area contributed by atoms with Crippen LogP contribution in [0.2, 0.25) is 0 Å². The Kier molecular flexibility index (Phi) is 1.15. The molecule has 11 heavy (non-hydrogen) atoms. The van der Waals surface area contributed by atoms with Crippen molar-refractivity contribution in [3.05, 3.63) is 30.2 Å². The zero-order chi connectivity index (χ0) is 7.84. The summed E-state index contributed by atoms with van der Waals surface area (Å²) in [6.07, 6.45) is 3.31. The molecule has 56 valence electrons. The molecule has 2 nitrogen and oxygen atoms in total. The lowest BCUT2D eigenvalue weighted by molar-refractivity contribution is 0.472. The number of aromatic hydroxyl groups is 1. The SMILES string of the molecule is Cc1c(O)ccc2cocc12. The number of benzene rings is 1. The van der Waals surface area contributed by atoms with Gasteiger partial charge in [-0.2, -0.15) is 0 Å². The van der Waals surface area contributed by atoms with E-state index in [2.05, 4.69) is 0 Å². The highest BCUT2D eigenvalue weighted by molar-refractivity contribution is 5.86. The molecule has 0 aliphatic carbocycles. The van der Waals surface area contributed by atoms with Crippen molar-refractivity contribution in [1.82, 2.24) is 0 Å². The van der Waals surface area contributed by atoms with Gasteiger partial charge in [0.2, 0.25) is 0 Å². The standard InChI is InChI=1S/C9H8O2/c1-6-8-5-11-4-7(8)2-3-9(6)10/h2-5,10H,1H3. The molecule has 2 rings (SSSR count). The summed E-state index contributed by atoms with van der Waals surface area (Å²) in [5.74, 6) is 0.318. The van der Waals surface area contributed by atoms with Gasteiger partial charge in [0.05, 0.1) is 12.5 Å². The second-order valence-corrected chi connectivity index (χ2v) is 2.58. The number of hydrogen-bond donors (Lipinski definition) is 1. The zero-order valence-corrected chi connectivity index (χ0v) is 6.16. The fourth-order valence-electron chi connectivity index (χ4n) is 1.17. The number of fused-ring (bicyclic) bond motifs is 1. The number of furan rings is 1. The quantitative estimate of drug-likeness (QED) is 0.622. The van der Waals surface area contributed by atoms with Crippen LogP contribution in [0.4, 0.5) is 0 Å². The average molecular weight is 148 g/mol. The Hall–Kier alpha value is -1.44. The molecule has 0 atom stereocenters. The van der Waals surface area contributed by atoms with E-state index in [0.717, 1.165) is 16.3 Å². The average Bonchev–Trinajstić information content (AvgIpc) is 2.45. The maximum absolute atomic E-state index is 9.29. The van der Waals surface area contributed by atoms with Crippen LogP contribution in [0.3, 0.4) is 0 Å². The second-order valence-electron chi connectivity index (χ2n) is 2.58. The highest BCUT2D eigenvalue weighted by Crippen LogP contribution is 2.26. The zero-order valence-electron chi connectivity index (χ0n) is 6.16. The van der Waals surface area contributed by atoms with Crippen LogP contribution in [0.25, 0.3) is 10.8 Å². The molecule has 0 saturated carbocycles. The summed E-state index contributed by atoms with van der Waals surface area (Å²) in [5.41, 5.74) is 0.872. The van der Waals surface area contributed by atoms with Gasteiger partial charge in [-0.05, 0) is 19.1 Å². The number of aryl methyl sites for hydroxylation is 1. The van der Waals surface area contributed by atoms with Gasteiger partial charge >= 0.3 is 0 Å². The molecule has 1 aromatic heterocycles. The van der Waals surface area contributed by atoms with Crippen molar-refractivity contribution >= 4 is 10.8 Å². The summed E-state index contributed by atoms with van der Waals surface area (Å²) >= 11 is 0. The van der Waals surface area contributed by atoms with Crippen molar-refractivity contribution in [3.8, 4) is 5.75 Å². The lowest BCUT2D eigenvalue weighted by Gasteiger charge is -1.96. The summed E-state index contributed by atoms with van der Waals surface area (Å²) < 4.78 is 4.99. The first-order chi connectivity index (χ1) is 5.29. The minimum Gasteiger partial charge on any atom is -0.508 e. The Balaban J connectivity index is 2.93. The van der Waals surface area contributed by atoms with Gasteiger partial charge in [-0.1, -0.05) is 0 Å². The third kappa shape index (κ3) is 0.792. The van der Waals surface area contributed by atoms with Crippen LogP contribution >= 0.6 is 0 Å². The predicted octanol–water partition coefficient (Wildman–Crippen LogP) is 2.45. The molecule has 0 amide bonds. The van der Waals surface area contributed by atoms with E-state index in [4.69, 9.17) is 4.42 Å². The summed E-state index contributed by atoms with van der Waals surface area (Å²) in [5, 5.41) is 11.3. The Morgan fingerprint density at radius 1 is 1.27 bits per heavy atom. The molecule has 0 bridgehead atoms. The highest BCUT2D eigenvalue weighted by Gasteiger charge is 2.02. The van der Waals surface area contributed by atoms with Gasteiger partial charge in [0, 0.05) is 16.3 Å². The number of phenolic OH excluding ortho intramolecular Hbond substituents is 1. The van der Waals surface area contributed by atoms with E-state index in [-0.39, 0.29) is 0 Å². The molecule has 2 aromatic rings. The first-order valence-corrected chi connectivity index (χ1v) is 3.43. The maximum Gasteiger partial charge on any atom is 0.119 e. The minimum atomic E-state index is 0.318. The van der Waals surface area contributed by atoms with Crippen LogP contribution in [-0.4, -0.2) is 5.11 Å². The van der Waals surface area contributed by atoms with Crippen LogP contribution in [-0.2, 0) is 0 Å². The molecule has 0 aliphatic rings. The van der Waals surface area contributed by atoms with Crippen molar-refractivity contribution in [1.29, 1.82) is 0 Å². The molecule has 0 unspecified atom stereocenters. The molecule has 0 fully saturated rings. The fourth-order valence-corrected chi connectivity index (χ4v) is 1.17. The highest BCUT2D eigenvalue weighted by atomic mass is 16.3. The summed E-state index contributed by atoms with van der Waals surface area (Å²) in [6.45, 7) is 1.87. The normalized spacial score (nSPS) is 10.6. The van der Waals surface area contributed by atoms with Gasteiger partial charge < -0.3 is 9.52 Å². The van der Waals surface area contributed by atoms with Gasteiger partial charge in [-0.3, -0.25) is 0 Å². The molecule has 1 heterocycles. The molecule has 1 aromatic carbocycles. The molecular formula is C9H8O2.